The van der Waals surface area contributed by atoms with Crippen LogP contribution in [0.25, 0.3) is 22.3 Å². The van der Waals surface area contributed by atoms with Gasteiger partial charge in [-0.25, -0.2) is 9.78 Å². The van der Waals surface area contributed by atoms with Gasteiger partial charge < -0.3 is 4.90 Å². The van der Waals surface area contributed by atoms with Gasteiger partial charge in [-0.3, -0.25) is 13.9 Å². The Hall–Kier alpha value is -2.31. The molecule has 0 aliphatic carbocycles. The third kappa shape index (κ3) is 3.91. The summed E-state index contributed by atoms with van der Waals surface area (Å²) in [6.45, 7) is 3.92. The summed E-state index contributed by atoms with van der Waals surface area (Å²) in [7, 11) is 0. The number of rotatable bonds is 4. The summed E-state index contributed by atoms with van der Waals surface area (Å²) in [6.07, 6.45) is 4.87. The Balaban J connectivity index is 1.75. The van der Waals surface area contributed by atoms with Gasteiger partial charge in [0.15, 0.2) is 5.65 Å². The molecule has 0 unspecified atom stereocenters. The zero-order valence-electron chi connectivity index (χ0n) is 16.2. The highest BCUT2D eigenvalue weighted by Gasteiger charge is 2.21. The molecular weight excluding hydrogens is 411 g/mol. The molecule has 29 heavy (non-hydrogen) atoms. The minimum atomic E-state index is -0.221. The van der Waals surface area contributed by atoms with Crippen LogP contribution in [-0.4, -0.2) is 38.0 Å². The van der Waals surface area contributed by atoms with Crippen molar-refractivity contribution in [2.24, 2.45) is 0 Å². The molecule has 1 saturated heterocycles. The van der Waals surface area contributed by atoms with Crippen molar-refractivity contribution in [1.82, 2.24) is 19.0 Å². The molecule has 0 atom stereocenters. The number of hydrogen-bond donors (Lipinski definition) is 0. The number of piperidine rings is 1. The van der Waals surface area contributed by atoms with Gasteiger partial charge in [-0.2, -0.15) is 0 Å². The molecule has 8 heteroatoms. The molecule has 1 aliphatic rings. The van der Waals surface area contributed by atoms with Crippen LogP contribution in [-0.2, 0) is 17.9 Å². The van der Waals surface area contributed by atoms with Gasteiger partial charge in [0.1, 0.15) is 6.54 Å². The van der Waals surface area contributed by atoms with Gasteiger partial charge in [-0.05, 0) is 56.0 Å². The summed E-state index contributed by atoms with van der Waals surface area (Å²) in [6, 6.07) is 7.18. The normalized spacial score (nSPS) is 14.5. The van der Waals surface area contributed by atoms with Crippen LogP contribution in [0.15, 0.2) is 35.3 Å². The van der Waals surface area contributed by atoms with Crippen LogP contribution in [0.3, 0.4) is 0 Å². The molecule has 3 aromatic rings. The van der Waals surface area contributed by atoms with Gasteiger partial charge in [-0.15, -0.1) is 0 Å². The predicted molar refractivity (Wildman–Crippen MR) is 116 cm³/mol. The van der Waals surface area contributed by atoms with Crippen LogP contribution in [0.4, 0.5) is 0 Å². The molecule has 0 bridgehead atoms. The van der Waals surface area contributed by atoms with Crippen LogP contribution >= 0.6 is 23.2 Å². The summed E-state index contributed by atoms with van der Waals surface area (Å²) >= 11 is 12.3. The van der Waals surface area contributed by atoms with E-state index in [1.54, 1.807) is 16.8 Å². The molecule has 0 spiro atoms. The van der Waals surface area contributed by atoms with E-state index in [0.29, 0.717) is 27.8 Å². The van der Waals surface area contributed by atoms with Crippen molar-refractivity contribution < 1.29 is 4.79 Å². The summed E-state index contributed by atoms with van der Waals surface area (Å²) in [4.78, 5) is 32.1. The van der Waals surface area contributed by atoms with E-state index in [1.807, 2.05) is 30.0 Å². The molecule has 3 heterocycles. The van der Waals surface area contributed by atoms with E-state index in [-0.39, 0.29) is 18.1 Å². The standard InChI is InChI=1S/C21H22Cl2N4O2/c1-2-26-18-10-15(14-8-16(22)11-17(23)9-14)12-24-20(18)27(21(26)29)13-19(28)25-6-4-3-5-7-25/h8-12H,2-7,13H2,1H3. The SMILES string of the molecule is CCn1c(=O)n(CC(=O)N2CCCCC2)c2ncc(-c3cc(Cl)cc(Cl)c3)cc21. The van der Waals surface area contributed by atoms with Crippen molar-refractivity contribution in [3.05, 3.63) is 51.0 Å². The van der Waals surface area contributed by atoms with Crippen molar-refractivity contribution in [1.29, 1.82) is 0 Å². The van der Waals surface area contributed by atoms with Crippen LogP contribution in [0, 0.1) is 0 Å². The molecule has 1 amide bonds. The van der Waals surface area contributed by atoms with Gasteiger partial charge in [0, 0.05) is 41.4 Å². The average Bonchev–Trinajstić information content (AvgIpc) is 2.98. The fourth-order valence-electron chi connectivity index (χ4n) is 3.90. The van der Waals surface area contributed by atoms with E-state index >= 15 is 0 Å². The number of benzene rings is 1. The Morgan fingerprint density at radius 3 is 2.34 bits per heavy atom. The van der Waals surface area contributed by atoms with Gasteiger partial charge in [0.25, 0.3) is 0 Å². The first-order valence-electron chi connectivity index (χ1n) is 9.81. The molecule has 6 nitrogen and oxygen atoms in total. The highest BCUT2D eigenvalue weighted by Crippen LogP contribution is 2.28. The summed E-state index contributed by atoms with van der Waals surface area (Å²) < 4.78 is 3.12. The fraction of sp³-hybridized carbons (Fsp3) is 0.381. The van der Waals surface area contributed by atoms with E-state index in [2.05, 4.69) is 4.98 Å². The van der Waals surface area contributed by atoms with Crippen molar-refractivity contribution in [2.75, 3.05) is 13.1 Å². The van der Waals surface area contributed by atoms with Crippen molar-refractivity contribution in [2.45, 2.75) is 39.3 Å². The Bertz CT molecular complexity index is 1110. The number of aryl methyl sites for hydroxylation is 1. The van der Waals surface area contributed by atoms with Crippen molar-refractivity contribution in [3.63, 3.8) is 0 Å². The Morgan fingerprint density at radius 1 is 1.00 bits per heavy atom. The number of aromatic nitrogens is 3. The lowest BCUT2D eigenvalue weighted by Crippen LogP contribution is -2.39. The van der Waals surface area contributed by atoms with Gasteiger partial charge in [0.2, 0.25) is 5.91 Å². The van der Waals surface area contributed by atoms with Crippen LogP contribution < -0.4 is 5.69 Å². The van der Waals surface area contributed by atoms with E-state index in [4.69, 9.17) is 23.2 Å². The lowest BCUT2D eigenvalue weighted by Gasteiger charge is -2.26. The van der Waals surface area contributed by atoms with Gasteiger partial charge in [-0.1, -0.05) is 23.2 Å². The lowest BCUT2D eigenvalue weighted by molar-refractivity contribution is -0.132. The molecule has 0 saturated carbocycles. The minimum Gasteiger partial charge on any atom is -0.341 e. The Kier molecular flexibility index (Phi) is 5.65. The largest absolute Gasteiger partial charge is 0.341 e. The first-order valence-corrected chi connectivity index (χ1v) is 10.6. The topological polar surface area (TPSA) is 60.1 Å². The highest BCUT2D eigenvalue weighted by molar-refractivity contribution is 6.35. The molecule has 2 aromatic heterocycles. The zero-order valence-corrected chi connectivity index (χ0v) is 17.7. The smallest absolute Gasteiger partial charge is 0.330 e. The predicted octanol–water partition coefficient (Wildman–Crippen LogP) is 4.20. The number of hydrogen-bond acceptors (Lipinski definition) is 3. The molecule has 1 fully saturated rings. The highest BCUT2D eigenvalue weighted by atomic mass is 35.5. The minimum absolute atomic E-state index is 0.0116. The summed E-state index contributed by atoms with van der Waals surface area (Å²) in [5, 5.41) is 1.07. The number of fused-ring (bicyclic) bond motifs is 1. The van der Waals surface area contributed by atoms with E-state index < -0.39 is 0 Å². The number of amides is 1. The number of carbonyl (C=O) groups is 1. The third-order valence-electron chi connectivity index (χ3n) is 5.37. The Morgan fingerprint density at radius 2 is 1.69 bits per heavy atom. The molecule has 152 valence electrons. The molecule has 0 radical (unpaired) electrons. The Labute approximate surface area is 178 Å². The number of carbonyl (C=O) groups excluding carboxylic acids is 1. The molecular formula is C21H22Cl2N4O2. The molecule has 4 rings (SSSR count). The second-order valence-electron chi connectivity index (χ2n) is 7.28. The maximum absolute atomic E-state index is 13.0. The van der Waals surface area contributed by atoms with Crippen molar-refractivity contribution >= 4 is 40.3 Å². The maximum atomic E-state index is 13.0. The van der Waals surface area contributed by atoms with E-state index in [1.165, 1.54) is 4.57 Å². The van der Waals surface area contributed by atoms with Crippen LogP contribution in [0.1, 0.15) is 26.2 Å². The van der Waals surface area contributed by atoms with Gasteiger partial charge >= 0.3 is 5.69 Å². The average molecular weight is 433 g/mol. The quantitative estimate of drug-likeness (QED) is 0.620. The van der Waals surface area contributed by atoms with E-state index in [9.17, 15) is 9.59 Å². The first-order chi connectivity index (χ1) is 14.0. The van der Waals surface area contributed by atoms with Crippen LogP contribution in [0.2, 0.25) is 10.0 Å². The summed E-state index contributed by atoms with van der Waals surface area (Å²) in [5.41, 5.74) is 2.62. The van der Waals surface area contributed by atoms with Crippen LogP contribution in [0.5, 0.6) is 0 Å². The summed E-state index contributed by atoms with van der Waals surface area (Å²) in [5.74, 6) is -0.0329. The third-order valence-corrected chi connectivity index (χ3v) is 5.81. The lowest BCUT2D eigenvalue weighted by atomic mass is 10.1. The second kappa shape index (κ2) is 8.20. The van der Waals surface area contributed by atoms with Gasteiger partial charge in [0.05, 0.1) is 5.52 Å². The maximum Gasteiger partial charge on any atom is 0.330 e. The number of halogens is 2. The van der Waals surface area contributed by atoms with E-state index in [0.717, 1.165) is 43.5 Å². The number of nitrogens with zero attached hydrogens (tertiary/aromatic N) is 4. The monoisotopic (exact) mass is 432 g/mol. The second-order valence-corrected chi connectivity index (χ2v) is 8.15. The number of pyridine rings is 1. The number of imidazole rings is 1. The zero-order chi connectivity index (χ0) is 20.5. The first kappa shape index (κ1) is 20.0. The molecule has 1 aliphatic heterocycles. The van der Waals surface area contributed by atoms with Crippen molar-refractivity contribution in [3.8, 4) is 11.1 Å². The number of likely N-dealkylation sites (tertiary alicyclic amines) is 1. The fourth-order valence-corrected chi connectivity index (χ4v) is 4.42. The molecule has 1 aromatic carbocycles. The molecule has 0 N–H and O–H groups in total.